The van der Waals surface area contributed by atoms with Crippen molar-refractivity contribution < 1.29 is 0 Å². The lowest BCUT2D eigenvalue weighted by Crippen LogP contribution is -2.01. The average molecular weight is 195 g/mol. The molecule has 0 fully saturated rings. The second-order valence-electron chi connectivity index (χ2n) is 3.35. The van der Waals surface area contributed by atoms with Crippen molar-refractivity contribution in [3.8, 4) is 0 Å². The molecular formula is C9H13N3S. The molecule has 2 aromatic heterocycles. The zero-order chi connectivity index (χ0) is 9.42. The number of aromatic nitrogens is 2. The SMILES string of the molecule is CC(C)c1c(CN)sc2nccn12. The van der Waals surface area contributed by atoms with Crippen LogP contribution in [0.25, 0.3) is 4.96 Å². The number of thiazole rings is 1. The van der Waals surface area contributed by atoms with Crippen LogP contribution >= 0.6 is 11.3 Å². The van der Waals surface area contributed by atoms with Crippen LogP contribution in [0.1, 0.15) is 30.3 Å². The minimum absolute atomic E-state index is 0.501. The van der Waals surface area contributed by atoms with Gasteiger partial charge in [0, 0.05) is 29.5 Å². The highest BCUT2D eigenvalue weighted by Crippen LogP contribution is 2.27. The first-order valence-electron chi connectivity index (χ1n) is 4.38. The molecule has 0 aliphatic carbocycles. The molecule has 0 aliphatic rings. The van der Waals surface area contributed by atoms with Crippen molar-refractivity contribution in [1.82, 2.24) is 9.38 Å². The number of nitrogens with zero attached hydrogens (tertiary/aromatic N) is 2. The minimum Gasteiger partial charge on any atom is -0.326 e. The summed E-state index contributed by atoms with van der Waals surface area (Å²) in [7, 11) is 0. The first-order valence-corrected chi connectivity index (χ1v) is 5.20. The lowest BCUT2D eigenvalue weighted by Gasteiger charge is -2.05. The summed E-state index contributed by atoms with van der Waals surface area (Å²) >= 11 is 1.69. The van der Waals surface area contributed by atoms with Gasteiger partial charge in [0.1, 0.15) is 0 Å². The van der Waals surface area contributed by atoms with E-state index in [4.69, 9.17) is 5.73 Å². The van der Waals surface area contributed by atoms with Gasteiger partial charge in [-0.2, -0.15) is 0 Å². The third kappa shape index (κ3) is 1.26. The molecule has 0 atom stereocenters. The van der Waals surface area contributed by atoms with Crippen LogP contribution in [0.5, 0.6) is 0 Å². The summed E-state index contributed by atoms with van der Waals surface area (Å²) in [5, 5.41) is 0. The van der Waals surface area contributed by atoms with Crippen molar-refractivity contribution in [2.75, 3.05) is 0 Å². The smallest absolute Gasteiger partial charge is 0.194 e. The average Bonchev–Trinajstić information content (AvgIpc) is 2.59. The Labute approximate surface area is 81.2 Å². The van der Waals surface area contributed by atoms with E-state index in [1.807, 2.05) is 12.4 Å². The summed E-state index contributed by atoms with van der Waals surface area (Å²) in [6.45, 7) is 4.98. The molecule has 3 nitrogen and oxygen atoms in total. The quantitative estimate of drug-likeness (QED) is 0.796. The zero-order valence-electron chi connectivity index (χ0n) is 7.82. The standard InChI is InChI=1S/C9H13N3S/c1-6(2)8-7(5-10)13-9-11-3-4-12(8)9/h3-4,6H,5,10H2,1-2H3. The molecule has 0 aromatic carbocycles. The number of imidazole rings is 1. The Morgan fingerprint density at radius 3 is 3.00 bits per heavy atom. The van der Waals surface area contributed by atoms with Crippen molar-refractivity contribution in [2.24, 2.45) is 5.73 Å². The third-order valence-corrected chi connectivity index (χ3v) is 3.21. The molecular weight excluding hydrogens is 182 g/mol. The molecule has 0 aliphatic heterocycles. The van der Waals surface area contributed by atoms with Crippen LogP contribution in [0.3, 0.4) is 0 Å². The molecule has 2 aromatic rings. The van der Waals surface area contributed by atoms with E-state index in [0.717, 1.165) is 4.96 Å². The summed E-state index contributed by atoms with van der Waals surface area (Å²) in [6.07, 6.45) is 3.83. The van der Waals surface area contributed by atoms with Gasteiger partial charge in [-0.3, -0.25) is 4.40 Å². The summed E-state index contributed by atoms with van der Waals surface area (Å²) in [4.78, 5) is 6.55. The highest BCUT2D eigenvalue weighted by Gasteiger charge is 2.13. The van der Waals surface area contributed by atoms with Gasteiger partial charge in [0.2, 0.25) is 0 Å². The van der Waals surface area contributed by atoms with E-state index in [-0.39, 0.29) is 0 Å². The molecule has 0 amide bonds. The van der Waals surface area contributed by atoms with Crippen molar-refractivity contribution in [2.45, 2.75) is 26.3 Å². The number of rotatable bonds is 2. The van der Waals surface area contributed by atoms with Gasteiger partial charge in [-0.05, 0) is 5.92 Å². The second kappa shape index (κ2) is 3.12. The number of fused-ring (bicyclic) bond motifs is 1. The first kappa shape index (κ1) is 8.72. The molecule has 0 unspecified atom stereocenters. The molecule has 0 saturated heterocycles. The number of hydrogen-bond acceptors (Lipinski definition) is 3. The maximum absolute atomic E-state index is 5.68. The van der Waals surface area contributed by atoms with E-state index < -0.39 is 0 Å². The molecule has 0 spiro atoms. The van der Waals surface area contributed by atoms with Crippen molar-refractivity contribution in [3.05, 3.63) is 23.0 Å². The molecule has 2 rings (SSSR count). The highest BCUT2D eigenvalue weighted by molar-refractivity contribution is 7.17. The lowest BCUT2D eigenvalue weighted by atomic mass is 10.1. The van der Waals surface area contributed by atoms with Crippen molar-refractivity contribution >= 4 is 16.3 Å². The van der Waals surface area contributed by atoms with Gasteiger partial charge in [0.15, 0.2) is 4.96 Å². The van der Waals surface area contributed by atoms with Crippen LogP contribution < -0.4 is 5.73 Å². The molecule has 0 bridgehead atoms. The van der Waals surface area contributed by atoms with Gasteiger partial charge >= 0.3 is 0 Å². The predicted molar refractivity (Wildman–Crippen MR) is 55.0 cm³/mol. The van der Waals surface area contributed by atoms with Crippen molar-refractivity contribution in [3.63, 3.8) is 0 Å². The van der Waals surface area contributed by atoms with E-state index in [1.165, 1.54) is 10.6 Å². The van der Waals surface area contributed by atoms with E-state index in [2.05, 4.69) is 23.2 Å². The zero-order valence-corrected chi connectivity index (χ0v) is 8.64. The largest absolute Gasteiger partial charge is 0.326 e. The molecule has 0 saturated carbocycles. The normalized spacial score (nSPS) is 11.7. The van der Waals surface area contributed by atoms with Crippen LogP contribution in [0, 0.1) is 0 Å². The maximum atomic E-state index is 5.68. The van der Waals surface area contributed by atoms with Crippen molar-refractivity contribution in [1.29, 1.82) is 0 Å². The molecule has 4 heteroatoms. The van der Waals surface area contributed by atoms with Gasteiger partial charge in [-0.15, -0.1) is 0 Å². The molecule has 13 heavy (non-hydrogen) atoms. The molecule has 70 valence electrons. The van der Waals surface area contributed by atoms with E-state index in [9.17, 15) is 0 Å². The Kier molecular flexibility index (Phi) is 2.09. The van der Waals surface area contributed by atoms with Gasteiger partial charge < -0.3 is 5.73 Å². The molecule has 2 heterocycles. The monoisotopic (exact) mass is 195 g/mol. The minimum atomic E-state index is 0.501. The Bertz CT molecular complexity index is 413. The summed E-state index contributed by atoms with van der Waals surface area (Å²) in [6, 6.07) is 0. The second-order valence-corrected chi connectivity index (χ2v) is 4.41. The van der Waals surface area contributed by atoms with Gasteiger partial charge in [-0.25, -0.2) is 4.98 Å². The maximum Gasteiger partial charge on any atom is 0.194 e. The van der Waals surface area contributed by atoms with E-state index >= 15 is 0 Å². The molecule has 0 radical (unpaired) electrons. The van der Waals surface area contributed by atoms with Crippen LogP contribution in [0.4, 0.5) is 0 Å². The van der Waals surface area contributed by atoms with Crippen LogP contribution in [0.2, 0.25) is 0 Å². The lowest BCUT2D eigenvalue weighted by molar-refractivity contribution is 0.792. The fourth-order valence-corrected chi connectivity index (χ4v) is 2.71. The summed E-state index contributed by atoms with van der Waals surface area (Å²) < 4.78 is 2.14. The predicted octanol–water partition coefficient (Wildman–Crippen LogP) is 1.98. The van der Waals surface area contributed by atoms with Gasteiger partial charge in [0.05, 0.1) is 0 Å². The third-order valence-electron chi connectivity index (χ3n) is 2.10. The Balaban J connectivity index is 2.70. The number of hydrogen-bond donors (Lipinski definition) is 1. The molecule has 2 N–H and O–H groups in total. The van der Waals surface area contributed by atoms with E-state index in [1.54, 1.807) is 11.3 Å². The Morgan fingerprint density at radius 1 is 1.62 bits per heavy atom. The fraction of sp³-hybridized carbons (Fsp3) is 0.444. The topological polar surface area (TPSA) is 43.3 Å². The number of nitrogens with two attached hydrogens (primary N) is 1. The first-order chi connectivity index (χ1) is 6.24. The summed E-state index contributed by atoms with van der Waals surface area (Å²) in [5.74, 6) is 0.501. The fourth-order valence-electron chi connectivity index (χ4n) is 1.59. The van der Waals surface area contributed by atoms with Crippen LogP contribution in [-0.4, -0.2) is 9.38 Å². The van der Waals surface area contributed by atoms with Gasteiger partial charge in [-0.1, -0.05) is 25.2 Å². The Hall–Kier alpha value is -0.870. The van der Waals surface area contributed by atoms with Crippen LogP contribution in [0.15, 0.2) is 12.4 Å². The van der Waals surface area contributed by atoms with Crippen LogP contribution in [-0.2, 0) is 6.54 Å². The van der Waals surface area contributed by atoms with Gasteiger partial charge in [0.25, 0.3) is 0 Å². The Morgan fingerprint density at radius 2 is 2.38 bits per heavy atom. The summed E-state index contributed by atoms with van der Waals surface area (Å²) in [5.41, 5.74) is 6.99. The highest BCUT2D eigenvalue weighted by atomic mass is 32.1. The van der Waals surface area contributed by atoms with E-state index in [0.29, 0.717) is 12.5 Å².